The molecular weight excluding hydrogens is 521 g/mol. The van der Waals surface area contributed by atoms with Gasteiger partial charge in [0, 0.05) is 28.4 Å². The number of benzene rings is 4. The normalized spacial score (nSPS) is 11.4. The molecule has 0 saturated carbocycles. The third-order valence-corrected chi connectivity index (χ3v) is 13.5. The van der Waals surface area contributed by atoms with Crippen LogP contribution in [0.2, 0.25) is 0 Å². The van der Waals surface area contributed by atoms with E-state index in [0.717, 1.165) is 22.3 Å². The molecule has 0 atom stereocenters. The van der Waals surface area contributed by atoms with E-state index in [4.69, 9.17) is 23.1 Å². The van der Waals surface area contributed by atoms with Crippen LogP contribution in [-0.2, 0) is 49.5 Å². The Morgan fingerprint density at radius 1 is 0.385 bits per heavy atom. The highest BCUT2D eigenvalue weighted by Gasteiger charge is 2.31. The van der Waals surface area contributed by atoms with E-state index in [1.807, 2.05) is 0 Å². The van der Waals surface area contributed by atoms with E-state index in [9.17, 15) is 0 Å². The summed E-state index contributed by atoms with van der Waals surface area (Å²) in [7, 11) is 2.47. The van der Waals surface area contributed by atoms with E-state index >= 15 is 0 Å². The Kier molecular flexibility index (Phi) is 11.2. The van der Waals surface area contributed by atoms with Crippen molar-refractivity contribution in [1.82, 2.24) is 0 Å². The Hall–Kier alpha value is -2.89. The first kappa shape index (κ1) is 29.1. The molecule has 0 saturated heterocycles. The van der Waals surface area contributed by atoms with Crippen molar-refractivity contribution in [3.05, 3.63) is 119 Å². The van der Waals surface area contributed by atoms with Crippen LogP contribution in [0.5, 0.6) is 0 Å². The molecule has 204 valence electrons. The lowest BCUT2D eigenvalue weighted by atomic mass is 10.2. The van der Waals surface area contributed by atoms with Crippen molar-refractivity contribution < 1.29 is 23.1 Å². The van der Waals surface area contributed by atoms with E-state index < -0.39 is 18.1 Å². The number of hydrogen-bond donors (Lipinski definition) is 0. The second-order valence-corrected chi connectivity index (χ2v) is 14.5. The van der Waals surface area contributed by atoms with Crippen LogP contribution in [0.25, 0.3) is 0 Å². The maximum atomic E-state index is 7.60. The molecule has 4 rings (SSSR count). The summed E-state index contributed by atoms with van der Waals surface area (Å²) >= 11 is 0. The molecule has 4 aromatic carbocycles. The molecule has 0 aliphatic heterocycles. The topological polar surface area (TPSA) is 46.2 Å². The molecule has 0 spiro atoms. The zero-order valence-corrected chi connectivity index (χ0v) is 25.6. The van der Waals surface area contributed by atoms with Gasteiger partial charge in [0.15, 0.2) is 0 Å². The first-order valence-corrected chi connectivity index (χ1v) is 16.4. The third kappa shape index (κ3) is 7.20. The highest BCUT2D eigenvalue weighted by atomic mass is 28.4. The van der Waals surface area contributed by atoms with Gasteiger partial charge in [-0.05, 0) is 43.0 Å². The highest BCUT2D eigenvalue weighted by molar-refractivity contribution is 6.92. The van der Waals surface area contributed by atoms with E-state index in [2.05, 4.69) is 97.1 Å². The quantitative estimate of drug-likeness (QED) is 0.223. The summed E-state index contributed by atoms with van der Waals surface area (Å²) in [6, 6.07) is 34.1. The van der Waals surface area contributed by atoms with Crippen molar-refractivity contribution in [2.24, 2.45) is 0 Å². The maximum Gasteiger partial charge on any atom is 0.229 e. The minimum absolute atomic E-state index is 0.530. The molecule has 0 heterocycles. The van der Waals surface area contributed by atoms with Gasteiger partial charge in [-0.3, -0.25) is 0 Å². The first-order valence-electron chi connectivity index (χ1n) is 13.1. The van der Waals surface area contributed by atoms with E-state index in [0.29, 0.717) is 26.4 Å². The predicted molar refractivity (Wildman–Crippen MR) is 163 cm³/mol. The summed E-state index contributed by atoms with van der Waals surface area (Å²) in [6.45, 7) is 2.12. The van der Waals surface area contributed by atoms with Crippen molar-refractivity contribution in [2.45, 2.75) is 26.4 Å². The van der Waals surface area contributed by atoms with Crippen molar-refractivity contribution in [2.75, 3.05) is 28.4 Å². The summed E-state index contributed by atoms with van der Waals surface area (Å²) in [5.41, 5.74) is 4.64. The van der Waals surface area contributed by atoms with E-state index in [1.54, 1.807) is 28.4 Å². The molecule has 0 aliphatic rings. The van der Waals surface area contributed by atoms with Gasteiger partial charge in [0.1, 0.15) is 0 Å². The Balaban J connectivity index is 1.95. The standard InChI is InChI=1S/C32H38O5Si2/c1-33-21-25-13-5-9-17-29(25)38(30-18-10-6-14-26(30)22-34-2)37-39(31-19-11-7-15-27(31)23-35-3)32-20-12-8-16-28(32)24-36-4/h5-20,38-39H,21-24H2,1-4H3. The largest absolute Gasteiger partial charge is 0.446 e. The fourth-order valence-corrected chi connectivity index (χ4v) is 12.4. The SMILES string of the molecule is COCc1ccccc1[SiH](O[SiH](c1ccccc1COC)c1ccccc1COC)c1ccccc1COC. The zero-order chi connectivity index (χ0) is 27.5. The summed E-state index contributed by atoms with van der Waals surface area (Å²) < 4.78 is 30.1. The van der Waals surface area contributed by atoms with Crippen LogP contribution in [0.1, 0.15) is 22.3 Å². The van der Waals surface area contributed by atoms with Gasteiger partial charge in [-0.25, -0.2) is 0 Å². The number of ether oxygens (including phenoxy) is 4. The van der Waals surface area contributed by atoms with Crippen molar-refractivity contribution in [1.29, 1.82) is 0 Å². The minimum atomic E-state index is -2.25. The van der Waals surface area contributed by atoms with Crippen molar-refractivity contribution in [3.63, 3.8) is 0 Å². The van der Waals surface area contributed by atoms with Gasteiger partial charge in [0.05, 0.1) is 26.4 Å². The average Bonchev–Trinajstić information content (AvgIpc) is 2.97. The van der Waals surface area contributed by atoms with E-state index in [1.165, 1.54) is 20.7 Å². The van der Waals surface area contributed by atoms with Crippen LogP contribution < -0.4 is 20.7 Å². The summed E-state index contributed by atoms with van der Waals surface area (Å²) in [5.74, 6) is 0. The molecular formula is C32H38O5Si2. The summed E-state index contributed by atoms with van der Waals surface area (Å²) in [6.07, 6.45) is 0. The van der Waals surface area contributed by atoms with Crippen LogP contribution in [0.3, 0.4) is 0 Å². The molecule has 0 aliphatic carbocycles. The Bertz CT molecular complexity index is 1130. The predicted octanol–water partition coefficient (Wildman–Crippen LogP) is 2.67. The molecule has 4 aromatic rings. The van der Waals surface area contributed by atoms with Crippen molar-refractivity contribution >= 4 is 38.8 Å². The van der Waals surface area contributed by atoms with Gasteiger partial charge in [-0.15, -0.1) is 0 Å². The smallest absolute Gasteiger partial charge is 0.229 e. The Labute approximate surface area is 235 Å². The van der Waals surface area contributed by atoms with Gasteiger partial charge in [-0.1, -0.05) is 97.1 Å². The number of methoxy groups -OCH3 is 4. The number of rotatable bonds is 14. The molecule has 39 heavy (non-hydrogen) atoms. The summed E-state index contributed by atoms with van der Waals surface area (Å²) in [4.78, 5) is 0. The minimum Gasteiger partial charge on any atom is -0.446 e. The van der Waals surface area contributed by atoms with Gasteiger partial charge >= 0.3 is 0 Å². The molecule has 5 nitrogen and oxygen atoms in total. The number of hydrogen-bond acceptors (Lipinski definition) is 5. The maximum absolute atomic E-state index is 7.60. The average molecular weight is 559 g/mol. The molecule has 7 heteroatoms. The lowest BCUT2D eigenvalue weighted by molar-refractivity contribution is 0.185. The monoisotopic (exact) mass is 558 g/mol. The fourth-order valence-electron chi connectivity index (χ4n) is 5.07. The zero-order valence-electron chi connectivity index (χ0n) is 23.3. The fraction of sp³-hybridized carbons (Fsp3) is 0.250. The molecule has 0 amide bonds. The van der Waals surface area contributed by atoms with E-state index in [-0.39, 0.29) is 0 Å². The van der Waals surface area contributed by atoms with Crippen LogP contribution in [0.4, 0.5) is 0 Å². The van der Waals surface area contributed by atoms with Crippen LogP contribution in [0.15, 0.2) is 97.1 Å². The molecule has 0 aromatic heterocycles. The molecule has 0 N–H and O–H groups in total. The Morgan fingerprint density at radius 3 is 0.846 bits per heavy atom. The second kappa shape index (κ2) is 15.0. The van der Waals surface area contributed by atoms with Gasteiger partial charge in [-0.2, -0.15) is 0 Å². The Morgan fingerprint density at radius 2 is 0.615 bits per heavy atom. The molecule has 0 unspecified atom stereocenters. The highest BCUT2D eigenvalue weighted by Crippen LogP contribution is 2.11. The van der Waals surface area contributed by atoms with Gasteiger partial charge in [0.25, 0.3) is 0 Å². The van der Waals surface area contributed by atoms with Crippen molar-refractivity contribution in [3.8, 4) is 0 Å². The first-order chi connectivity index (χ1) is 19.2. The molecule has 0 radical (unpaired) electrons. The third-order valence-electron chi connectivity index (χ3n) is 6.82. The van der Waals surface area contributed by atoms with Crippen LogP contribution in [-0.4, -0.2) is 46.5 Å². The van der Waals surface area contributed by atoms with Gasteiger partial charge < -0.3 is 23.1 Å². The molecule has 0 bridgehead atoms. The second-order valence-electron chi connectivity index (χ2n) is 9.42. The van der Waals surface area contributed by atoms with Crippen LogP contribution in [0, 0.1) is 0 Å². The lowest BCUT2D eigenvalue weighted by Gasteiger charge is -2.29. The lowest BCUT2D eigenvalue weighted by Crippen LogP contribution is -2.58. The van der Waals surface area contributed by atoms with Gasteiger partial charge in [0.2, 0.25) is 18.1 Å². The van der Waals surface area contributed by atoms with Crippen LogP contribution >= 0.6 is 0 Å². The summed E-state index contributed by atoms with van der Waals surface area (Å²) in [5, 5.41) is 4.92. The molecule has 0 fully saturated rings.